The van der Waals surface area contributed by atoms with Gasteiger partial charge in [0.25, 0.3) is 0 Å². The van der Waals surface area contributed by atoms with Crippen LogP contribution >= 0.6 is 23.4 Å². The molecule has 1 saturated heterocycles. The zero-order valence-electron chi connectivity index (χ0n) is 17.6. The third kappa shape index (κ3) is 6.14. The van der Waals surface area contributed by atoms with E-state index in [4.69, 9.17) is 30.5 Å². The number of rotatable bonds is 6. The van der Waals surface area contributed by atoms with Crippen molar-refractivity contribution in [1.82, 2.24) is 4.98 Å². The fourth-order valence-corrected chi connectivity index (χ4v) is 4.61. The Labute approximate surface area is 194 Å². The maximum Gasteiger partial charge on any atom is 0.303 e. The number of carbonyl (C=O) groups excluding carboxylic acids is 3. The molecule has 2 heterocycles. The third-order valence-corrected chi connectivity index (χ3v) is 6.00. The van der Waals surface area contributed by atoms with Crippen molar-refractivity contribution < 1.29 is 33.3 Å². The quantitative estimate of drug-likeness (QED) is 0.453. The lowest BCUT2D eigenvalue weighted by Crippen LogP contribution is -2.55. The summed E-state index contributed by atoms with van der Waals surface area (Å²) in [4.78, 5) is 39.2. The fraction of sp³-hybridized carbons (Fsp3) is 0.364. The summed E-state index contributed by atoms with van der Waals surface area (Å²) in [6.07, 6.45) is 0.519. The van der Waals surface area contributed by atoms with Gasteiger partial charge in [-0.15, -0.1) is 11.8 Å². The van der Waals surface area contributed by atoms with Crippen molar-refractivity contribution in [2.75, 3.05) is 5.75 Å². The predicted octanol–water partition coefficient (Wildman–Crippen LogP) is 3.65. The number of thioether (sulfide) groups is 1. The average molecular weight is 480 g/mol. The third-order valence-electron chi connectivity index (χ3n) is 4.47. The highest BCUT2D eigenvalue weighted by Gasteiger charge is 2.47. The van der Waals surface area contributed by atoms with Crippen molar-refractivity contribution >= 4 is 41.3 Å². The van der Waals surface area contributed by atoms with Crippen LogP contribution in [0.2, 0.25) is 5.02 Å². The summed E-state index contributed by atoms with van der Waals surface area (Å²) < 4.78 is 22.3. The summed E-state index contributed by atoms with van der Waals surface area (Å²) in [6.45, 7) is 3.71. The molecule has 0 N–H and O–H groups in total. The Balaban J connectivity index is 1.91. The second-order valence-corrected chi connectivity index (χ2v) is 8.54. The molecule has 0 radical (unpaired) electrons. The number of halogens is 1. The van der Waals surface area contributed by atoms with Gasteiger partial charge in [0, 0.05) is 44.5 Å². The smallest absolute Gasteiger partial charge is 0.303 e. The fourth-order valence-electron chi connectivity index (χ4n) is 3.24. The number of esters is 3. The summed E-state index contributed by atoms with van der Waals surface area (Å²) in [5, 5.41) is 0.353. The molecule has 10 heteroatoms. The van der Waals surface area contributed by atoms with E-state index in [0.717, 1.165) is 11.1 Å². The van der Waals surface area contributed by atoms with Crippen LogP contribution in [-0.2, 0) is 28.6 Å². The first-order valence-electron chi connectivity index (χ1n) is 9.74. The summed E-state index contributed by atoms with van der Waals surface area (Å²) in [5.74, 6) is -1.12. The normalized spacial score (nSPS) is 22.5. The van der Waals surface area contributed by atoms with E-state index in [1.807, 2.05) is 18.2 Å². The highest BCUT2D eigenvalue weighted by Crippen LogP contribution is 2.37. The zero-order valence-corrected chi connectivity index (χ0v) is 19.2. The van der Waals surface area contributed by atoms with Gasteiger partial charge in [-0.3, -0.25) is 19.4 Å². The number of carbonyl (C=O) groups is 3. The molecular formula is C22H22ClNO7S. The number of nitrogens with zero attached hydrogens (tertiary/aromatic N) is 1. The first kappa shape index (κ1) is 23.9. The van der Waals surface area contributed by atoms with E-state index in [2.05, 4.69) is 4.98 Å². The van der Waals surface area contributed by atoms with E-state index in [0.29, 0.717) is 10.8 Å². The van der Waals surface area contributed by atoms with Crippen molar-refractivity contribution in [3.63, 3.8) is 0 Å². The van der Waals surface area contributed by atoms with Crippen LogP contribution in [0.5, 0.6) is 5.75 Å². The van der Waals surface area contributed by atoms with Gasteiger partial charge in [-0.1, -0.05) is 23.7 Å². The highest BCUT2D eigenvalue weighted by molar-refractivity contribution is 7.99. The summed E-state index contributed by atoms with van der Waals surface area (Å²) in [5.41, 5.74) is 0.933. The molecule has 2 aromatic rings. The monoisotopic (exact) mass is 479 g/mol. The minimum Gasteiger partial charge on any atom is -0.474 e. The molecule has 1 aliphatic rings. The van der Waals surface area contributed by atoms with E-state index in [1.165, 1.54) is 32.5 Å². The largest absolute Gasteiger partial charge is 0.474 e. The van der Waals surface area contributed by atoms with Crippen LogP contribution < -0.4 is 4.74 Å². The van der Waals surface area contributed by atoms with Gasteiger partial charge >= 0.3 is 17.9 Å². The van der Waals surface area contributed by atoms with E-state index in [-0.39, 0.29) is 5.75 Å². The van der Waals surface area contributed by atoms with Crippen LogP contribution in [0, 0.1) is 0 Å². The van der Waals surface area contributed by atoms with Crippen molar-refractivity contribution in [2.24, 2.45) is 0 Å². The van der Waals surface area contributed by atoms with Gasteiger partial charge < -0.3 is 18.9 Å². The van der Waals surface area contributed by atoms with Gasteiger partial charge in [0.15, 0.2) is 23.7 Å². The van der Waals surface area contributed by atoms with Crippen LogP contribution in [0.25, 0.3) is 11.1 Å². The minimum atomic E-state index is -1.04. The molecular weight excluding hydrogens is 458 g/mol. The second kappa shape index (κ2) is 10.7. The Morgan fingerprint density at radius 3 is 2.28 bits per heavy atom. The summed E-state index contributed by atoms with van der Waals surface area (Å²) >= 11 is 7.62. The van der Waals surface area contributed by atoms with Gasteiger partial charge in [-0.05, 0) is 23.8 Å². The van der Waals surface area contributed by atoms with Crippen molar-refractivity contribution in [3.05, 3.63) is 47.7 Å². The summed E-state index contributed by atoms with van der Waals surface area (Å²) in [6, 6.07) is 9.00. The first-order valence-corrected chi connectivity index (χ1v) is 11.2. The molecule has 0 spiro atoms. The molecule has 4 atom stereocenters. The molecule has 0 aliphatic carbocycles. The van der Waals surface area contributed by atoms with Crippen molar-refractivity contribution in [2.45, 2.75) is 44.5 Å². The number of hydrogen-bond donors (Lipinski definition) is 0. The average Bonchev–Trinajstić information content (AvgIpc) is 2.73. The number of aromatic nitrogens is 1. The maximum atomic E-state index is 11.8. The minimum absolute atomic E-state index is 0.264. The molecule has 1 aliphatic heterocycles. The van der Waals surface area contributed by atoms with E-state index in [9.17, 15) is 14.4 Å². The number of ether oxygens (including phenoxy) is 4. The van der Waals surface area contributed by atoms with Crippen LogP contribution in [0.15, 0.2) is 42.7 Å². The van der Waals surface area contributed by atoms with Crippen LogP contribution in [-0.4, -0.2) is 52.4 Å². The molecule has 170 valence electrons. The molecule has 0 unspecified atom stereocenters. The van der Waals surface area contributed by atoms with Gasteiger partial charge in [0.1, 0.15) is 5.75 Å². The second-order valence-electron chi connectivity index (χ2n) is 7.00. The molecule has 3 rings (SSSR count). The van der Waals surface area contributed by atoms with Gasteiger partial charge in [0.05, 0.1) is 5.02 Å². The molecule has 0 amide bonds. The molecule has 1 aromatic carbocycles. The topological polar surface area (TPSA) is 101 Å². The van der Waals surface area contributed by atoms with Crippen molar-refractivity contribution in [1.29, 1.82) is 0 Å². The molecule has 0 saturated carbocycles. The first-order chi connectivity index (χ1) is 15.2. The maximum absolute atomic E-state index is 11.8. The lowest BCUT2D eigenvalue weighted by molar-refractivity contribution is -0.186. The van der Waals surface area contributed by atoms with E-state index < -0.39 is 41.7 Å². The lowest BCUT2D eigenvalue weighted by Gasteiger charge is -2.40. The van der Waals surface area contributed by atoms with Gasteiger partial charge in [-0.2, -0.15) is 0 Å². The molecule has 1 fully saturated rings. The highest BCUT2D eigenvalue weighted by atomic mass is 35.5. The Bertz CT molecular complexity index is 987. The lowest BCUT2D eigenvalue weighted by atomic mass is 10.1. The Hall–Kier alpha value is -2.78. The van der Waals surface area contributed by atoms with E-state index >= 15 is 0 Å². The Morgan fingerprint density at radius 2 is 1.66 bits per heavy atom. The van der Waals surface area contributed by atoms with Crippen LogP contribution in [0.1, 0.15) is 20.8 Å². The Morgan fingerprint density at radius 1 is 0.969 bits per heavy atom. The zero-order chi connectivity index (χ0) is 23.3. The standard InChI is InChI=1S/C22H22ClNO7S/c1-12(25)28-19-11-32-22(21(30-14(3)27)20(19)29-13(2)26)31-18-9-15(6-7-17(18)23)16-5-4-8-24-10-16/h4-10,19-22H,11H2,1-3H3/t19-,20+,21-,22+/m1/s1. The molecule has 1 aromatic heterocycles. The Kier molecular flexibility index (Phi) is 7.98. The van der Waals surface area contributed by atoms with Gasteiger partial charge in [0.2, 0.25) is 0 Å². The van der Waals surface area contributed by atoms with Crippen LogP contribution in [0.3, 0.4) is 0 Å². The summed E-state index contributed by atoms with van der Waals surface area (Å²) in [7, 11) is 0. The van der Waals surface area contributed by atoms with Crippen LogP contribution in [0.4, 0.5) is 0 Å². The SMILES string of the molecule is CC(=O)O[C@@H]1[C@@H](OC(C)=O)[C@@H](Oc2cc(-c3cccnc3)ccc2Cl)SC[C@H]1OC(C)=O. The predicted molar refractivity (Wildman–Crippen MR) is 118 cm³/mol. The van der Waals surface area contributed by atoms with Gasteiger partial charge in [-0.25, -0.2) is 0 Å². The molecule has 8 nitrogen and oxygen atoms in total. The van der Waals surface area contributed by atoms with E-state index in [1.54, 1.807) is 24.5 Å². The number of pyridine rings is 1. The van der Waals surface area contributed by atoms with Crippen molar-refractivity contribution in [3.8, 4) is 16.9 Å². The number of hydrogen-bond acceptors (Lipinski definition) is 9. The molecule has 0 bridgehead atoms. The molecule has 32 heavy (non-hydrogen) atoms. The number of benzene rings is 1.